The molecular weight excluding hydrogens is 403 g/mol. The Morgan fingerprint density at radius 2 is 1.55 bits per heavy atom. The predicted molar refractivity (Wildman–Crippen MR) is 112 cm³/mol. The summed E-state index contributed by atoms with van der Waals surface area (Å²) >= 11 is 0. The van der Waals surface area contributed by atoms with E-state index in [0.29, 0.717) is 22.3 Å². The molecule has 0 aliphatic rings. The Balaban J connectivity index is 2.04. The van der Waals surface area contributed by atoms with Crippen molar-refractivity contribution in [1.29, 1.82) is 0 Å². The second-order valence-electron chi connectivity index (χ2n) is 7.06. The second-order valence-corrected chi connectivity index (χ2v) is 7.06. The highest BCUT2D eigenvalue weighted by Crippen LogP contribution is 2.37. The summed E-state index contributed by atoms with van der Waals surface area (Å²) in [5.41, 5.74) is 1.96. The van der Waals surface area contributed by atoms with Gasteiger partial charge < -0.3 is 4.74 Å². The van der Waals surface area contributed by atoms with Gasteiger partial charge in [0.25, 0.3) is 0 Å². The SMILES string of the molecule is COC(=O)C(c1ccccc1)c1cc(-c2ccccc2)nc2ccc(C(F)(F)F)cc12. The maximum Gasteiger partial charge on any atom is 0.416 e. The van der Waals surface area contributed by atoms with Crippen molar-refractivity contribution in [3.05, 3.63) is 102 Å². The maximum absolute atomic E-state index is 13.4. The molecule has 156 valence electrons. The number of hydrogen-bond donors (Lipinski definition) is 0. The Bertz CT molecular complexity index is 1220. The Kier molecular flexibility index (Phi) is 5.46. The predicted octanol–water partition coefficient (Wildman–Crippen LogP) is 6.23. The standard InChI is InChI=1S/C25H18F3NO2/c1-31-24(30)23(17-10-6-3-7-11-17)20-15-22(16-8-4-2-5-9-16)29-21-13-12-18(14-19(20)21)25(26,27)28/h2-15,23H,1H3. The molecule has 6 heteroatoms. The molecule has 0 bridgehead atoms. The molecule has 3 nitrogen and oxygen atoms in total. The van der Waals surface area contributed by atoms with Gasteiger partial charge in [0.15, 0.2) is 0 Å². The Morgan fingerprint density at radius 3 is 2.16 bits per heavy atom. The average molecular weight is 421 g/mol. The quantitative estimate of drug-likeness (QED) is 0.367. The van der Waals surface area contributed by atoms with Crippen LogP contribution in [0.5, 0.6) is 0 Å². The third-order valence-corrected chi connectivity index (χ3v) is 5.12. The number of nitrogens with zero attached hydrogens (tertiary/aromatic N) is 1. The van der Waals surface area contributed by atoms with Gasteiger partial charge in [-0.25, -0.2) is 4.98 Å². The van der Waals surface area contributed by atoms with Crippen LogP contribution in [0.2, 0.25) is 0 Å². The fourth-order valence-corrected chi connectivity index (χ4v) is 3.63. The van der Waals surface area contributed by atoms with E-state index in [1.54, 1.807) is 36.4 Å². The maximum atomic E-state index is 13.4. The van der Waals surface area contributed by atoms with Crippen molar-refractivity contribution < 1.29 is 22.7 Å². The first-order chi connectivity index (χ1) is 14.9. The smallest absolute Gasteiger partial charge is 0.416 e. The molecule has 4 rings (SSSR count). The van der Waals surface area contributed by atoms with Crippen LogP contribution in [0.25, 0.3) is 22.2 Å². The summed E-state index contributed by atoms with van der Waals surface area (Å²) in [6.07, 6.45) is -4.52. The zero-order valence-electron chi connectivity index (χ0n) is 16.6. The van der Waals surface area contributed by atoms with Crippen LogP contribution in [-0.2, 0) is 15.7 Å². The van der Waals surface area contributed by atoms with E-state index in [-0.39, 0.29) is 5.39 Å². The van der Waals surface area contributed by atoms with E-state index >= 15 is 0 Å². The number of halogens is 3. The van der Waals surface area contributed by atoms with Crippen LogP contribution in [-0.4, -0.2) is 18.1 Å². The summed E-state index contributed by atoms with van der Waals surface area (Å²) in [6, 6.07) is 23.2. The summed E-state index contributed by atoms with van der Waals surface area (Å²) in [4.78, 5) is 17.4. The molecule has 1 atom stereocenters. The molecule has 31 heavy (non-hydrogen) atoms. The van der Waals surface area contributed by atoms with Crippen molar-refractivity contribution >= 4 is 16.9 Å². The van der Waals surface area contributed by atoms with Crippen LogP contribution in [0.4, 0.5) is 13.2 Å². The highest BCUT2D eigenvalue weighted by molar-refractivity contribution is 5.93. The fraction of sp³-hybridized carbons (Fsp3) is 0.120. The minimum Gasteiger partial charge on any atom is -0.468 e. The van der Waals surface area contributed by atoms with Crippen molar-refractivity contribution in [3.63, 3.8) is 0 Å². The van der Waals surface area contributed by atoms with E-state index in [2.05, 4.69) is 4.98 Å². The van der Waals surface area contributed by atoms with Crippen LogP contribution >= 0.6 is 0 Å². The zero-order valence-corrected chi connectivity index (χ0v) is 16.6. The van der Waals surface area contributed by atoms with Crippen LogP contribution in [0.15, 0.2) is 84.9 Å². The number of carbonyl (C=O) groups is 1. The van der Waals surface area contributed by atoms with Gasteiger partial charge in [0.2, 0.25) is 0 Å². The number of ether oxygens (including phenoxy) is 1. The van der Waals surface area contributed by atoms with Crippen molar-refractivity contribution in [1.82, 2.24) is 4.98 Å². The lowest BCUT2D eigenvalue weighted by Crippen LogP contribution is -2.17. The van der Waals surface area contributed by atoms with Crippen molar-refractivity contribution in [2.75, 3.05) is 7.11 Å². The molecule has 0 spiro atoms. The molecule has 4 aromatic rings. The van der Waals surface area contributed by atoms with E-state index < -0.39 is 23.6 Å². The molecule has 0 fully saturated rings. The topological polar surface area (TPSA) is 39.2 Å². The fourth-order valence-electron chi connectivity index (χ4n) is 3.63. The lowest BCUT2D eigenvalue weighted by atomic mass is 9.87. The minimum absolute atomic E-state index is 0.258. The number of fused-ring (bicyclic) bond motifs is 1. The van der Waals surface area contributed by atoms with Gasteiger partial charge in [-0.3, -0.25) is 4.79 Å². The minimum atomic E-state index is -4.52. The summed E-state index contributed by atoms with van der Waals surface area (Å²) < 4.78 is 45.3. The molecule has 0 aliphatic heterocycles. The Hall–Kier alpha value is -3.67. The number of methoxy groups -OCH3 is 1. The lowest BCUT2D eigenvalue weighted by Gasteiger charge is -2.19. The van der Waals surface area contributed by atoms with Crippen LogP contribution < -0.4 is 0 Å². The molecule has 0 N–H and O–H groups in total. The van der Waals surface area contributed by atoms with Gasteiger partial charge in [-0.2, -0.15) is 13.2 Å². The van der Waals surface area contributed by atoms with Gasteiger partial charge >= 0.3 is 12.1 Å². The molecule has 0 radical (unpaired) electrons. The normalized spacial score (nSPS) is 12.5. The van der Waals surface area contributed by atoms with Crippen molar-refractivity contribution in [2.24, 2.45) is 0 Å². The number of carbonyl (C=O) groups excluding carboxylic acids is 1. The van der Waals surface area contributed by atoms with Crippen LogP contribution in [0.3, 0.4) is 0 Å². The van der Waals surface area contributed by atoms with Gasteiger partial charge in [-0.1, -0.05) is 60.7 Å². The Morgan fingerprint density at radius 1 is 0.903 bits per heavy atom. The number of aromatic nitrogens is 1. The van der Waals surface area contributed by atoms with Gasteiger partial charge in [0.1, 0.15) is 5.92 Å². The number of alkyl halides is 3. The second kappa shape index (κ2) is 8.22. The average Bonchev–Trinajstić information content (AvgIpc) is 2.79. The van der Waals surface area contributed by atoms with Gasteiger partial charge in [-0.05, 0) is 35.4 Å². The molecular formula is C25H18F3NO2. The molecule has 1 unspecified atom stereocenters. The Labute approximate surface area is 177 Å². The molecule has 1 heterocycles. The summed E-state index contributed by atoms with van der Waals surface area (Å²) in [7, 11) is 1.26. The molecule has 0 saturated carbocycles. The first kappa shape index (κ1) is 20.6. The number of hydrogen-bond acceptors (Lipinski definition) is 3. The third-order valence-electron chi connectivity index (χ3n) is 5.12. The van der Waals surface area contributed by atoms with E-state index in [1.807, 2.05) is 30.3 Å². The number of pyridine rings is 1. The van der Waals surface area contributed by atoms with E-state index in [9.17, 15) is 18.0 Å². The molecule has 3 aromatic carbocycles. The van der Waals surface area contributed by atoms with Crippen molar-refractivity contribution in [2.45, 2.75) is 12.1 Å². The summed E-state index contributed by atoms with van der Waals surface area (Å²) in [6.45, 7) is 0. The van der Waals surface area contributed by atoms with Gasteiger partial charge in [-0.15, -0.1) is 0 Å². The molecule has 0 saturated heterocycles. The highest BCUT2D eigenvalue weighted by Gasteiger charge is 2.32. The van der Waals surface area contributed by atoms with Crippen LogP contribution in [0, 0.1) is 0 Å². The van der Waals surface area contributed by atoms with Crippen molar-refractivity contribution in [3.8, 4) is 11.3 Å². The first-order valence-corrected chi connectivity index (χ1v) is 9.58. The summed E-state index contributed by atoms with van der Waals surface area (Å²) in [5.74, 6) is -1.46. The van der Waals surface area contributed by atoms with E-state index in [4.69, 9.17) is 4.74 Å². The lowest BCUT2D eigenvalue weighted by molar-refractivity contribution is -0.141. The molecule has 0 aliphatic carbocycles. The zero-order chi connectivity index (χ0) is 22.0. The number of rotatable bonds is 4. The highest BCUT2D eigenvalue weighted by atomic mass is 19.4. The largest absolute Gasteiger partial charge is 0.468 e. The molecule has 1 aromatic heterocycles. The summed E-state index contributed by atoms with van der Waals surface area (Å²) in [5, 5.41) is 0.258. The third kappa shape index (κ3) is 4.14. The molecule has 0 amide bonds. The van der Waals surface area contributed by atoms with E-state index in [0.717, 1.165) is 17.7 Å². The van der Waals surface area contributed by atoms with Crippen LogP contribution in [0.1, 0.15) is 22.6 Å². The van der Waals surface area contributed by atoms with Gasteiger partial charge in [0.05, 0.1) is 23.9 Å². The monoisotopic (exact) mass is 421 g/mol. The van der Waals surface area contributed by atoms with E-state index in [1.165, 1.54) is 13.2 Å². The number of benzene rings is 3. The number of esters is 1. The van der Waals surface area contributed by atoms with Gasteiger partial charge in [0, 0.05) is 10.9 Å². The first-order valence-electron chi connectivity index (χ1n) is 9.58.